The van der Waals surface area contributed by atoms with Crippen molar-refractivity contribution >= 4 is 17.6 Å². The summed E-state index contributed by atoms with van der Waals surface area (Å²) in [5, 5.41) is 2.94. The van der Waals surface area contributed by atoms with Gasteiger partial charge in [-0.05, 0) is 54.8 Å². The molecule has 1 aliphatic rings. The molecule has 0 spiro atoms. The number of cyclic esters (lactones) is 1. The van der Waals surface area contributed by atoms with E-state index < -0.39 is 0 Å². The molecular formula is C24H21NO3. The minimum atomic E-state index is -0.349. The van der Waals surface area contributed by atoms with Crippen LogP contribution in [0.3, 0.4) is 0 Å². The van der Waals surface area contributed by atoms with E-state index in [1.54, 1.807) is 18.2 Å². The quantitative estimate of drug-likeness (QED) is 0.659. The standard InChI is InChI=1S/C24H21NO3/c1-15-7-9-17(10-8-15)22-14-19-13-18(11-12-20(19)24(27)28-22)23(26)25-21-6-4-3-5-16(21)2/h3-13,22H,14H2,1-2H3,(H,25,26)/t22-/m0/s1. The molecule has 3 aromatic carbocycles. The van der Waals surface area contributed by atoms with Crippen molar-refractivity contribution in [2.45, 2.75) is 26.4 Å². The largest absolute Gasteiger partial charge is 0.454 e. The van der Waals surface area contributed by atoms with Gasteiger partial charge in [-0.2, -0.15) is 0 Å². The van der Waals surface area contributed by atoms with Crippen molar-refractivity contribution in [1.82, 2.24) is 0 Å². The summed E-state index contributed by atoms with van der Waals surface area (Å²) in [5.74, 6) is -0.541. The molecule has 1 amide bonds. The Hall–Kier alpha value is -3.40. The molecule has 4 heteroatoms. The van der Waals surface area contributed by atoms with Crippen molar-refractivity contribution in [3.8, 4) is 0 Å². The first-order valence-electron chi connectivity index (χ1n) is 9.29. The molecule has 0 saturated carbocycles. The Kier molecular flexibility index (Phi) is 4.70. The van der Waals surface area contributed by atoms with E-state index in [0.29, 0.717) is 17.5 Å². The van der Waals surface area contributed by atoms with Crippen molar-refractivity contribution in [2.24, 2.45) is 0 Å². The van der Waals surface area contributed by atoms with Gasteiger partial charge in [0.2, 0.25) is 0 Å². The predicted molar refractivity (Wildman–Crippen MR) is 109 cm³/mol. The first-order chi connectivity index (χ1) is 13.5. The number of hydrogen-bond acceptors (Lipinski definition) is 3. The second-order valence-electron chi connectivity index (χ2n) is 7.15. The minimum absolute atomic E-state index is 0.192. The molecule has 4 nitrogen and oxygen atoms in total. The zero-order valence-corrected chi connectivity index (χ0v) is 15.9. The molecule has 0 saturated heterocycles. The lowest BCUT2D eigenvalue weighted by molar-refractivity contribution is 0.0252. The van der Waals surface area contributed by atoms with Gasteiger partial charge in [0.1, 0.15) is 6.10 Å². The number of esters is 1. The Morgan fingerprint density at radius 2 is 1.75 bits per heavy atom. The van der Waals surface area contributed by atoms with Crippen LogP contribution in [0.15, 0.2) is 66.7 Å². The summed E-state index contributed by atoms with van der Waals surface area (Å²) in [6, 6.07) is 20.7. The van der Waals surface area contributed by atoms with E-state index in [1.807, 2.05) is 62.4 Å². The van der Waals surface area contributed by atoms with Crippen LogP contribution in [-0.4, -0.2) is 11.9 Å². The molecule has 140 valence electrons. The van der Waals surface area contributed by atoms with E-state index in [9.17, 15) is 9.59 Å². The zero-order chi connectivity index (χ0) is 19.7. The average Bonchev–Trinajstić information content (AvgIpc) is 2.69. The van der Waals surface area contributed by atoms with E-state index in [1.165, 1.54) is 0 Å². The number of anilines is 1. The summed E-state index contributed by atoms with van der Waals surface area (Å²) in [6.07, 6.45) is 0.214. The number of amides is 1. The summed E-state index contributed by atoms with van der Waals surface area (Å²) in [5.41, 5.74) is 5.77. The number of carbonyl (C=O) groups is 2. The van der Waals surface area contributed by atoms with E-state index in [2.05, 4.69) is 5.32 Å². The van der Waals surface area contributed by atoms with Gasteiger partial charge in [0.15, 0.2) is 0 Å². The smallest absolute Gasteiger partial charge is 0.339 e. The molecule has 0 fully saturated rings. The van der Waals surface area contributed by atoms with Crippen LogP contribution in [0.4, 0.5) is 5.69 Å². The number of carbonyl (C=O) groups excluding carboxylic acids is 2. The number of fused-ring (bicyclic) bond motifs is 1. The fourth-order valence-corrected chi connectivity index (χ4v) is 3.41. The minimum Gasteiger partial charge on any atom is -0.454 e. The summed E-state index contributed by atoms with van der Waals surface area (Å²) < 4.78 is 5.61. The SMILES string of the molecule is Cc1ccc([C@@H]2Cc3cc(C(=O)Nc4ccccc4C)ccc3C(=O)O2)cc1. The van der Waals surface area contributed by atoms with Crippen LogP contribution < -0.4 is 5.32 Å². The number of nitrogens with one attached hydrogen (secondary N) is 1. The molecule has 1 N–H and O–H groups in total. The lowest BCUT2D eigenvalue weighted by Crippen LogP contribution is -2.23. The van der Waals surface area contributed by atoms with Gasteiger partial charge in [-0.25, -0.2) is 4.79 Å². The molecule has 4 rings (SSSR count). The third-order valence-electron chi connectivity index (χ3n) is 5.08. The number of rotatable bonds is 3. The second-order valence-corrected chi connectivity index (χ2v) is 7.15. The van der Waals surface area contributed by atoms with Crippen LogP contribution in [0.5, 0.6) is 0 Å². The molecule has 3 aromatic rings. The molecule has 1 aliphatic heterocycles. The maximum absolute atomic E-state index is 12.7. The molecule has 0 bridgehead atoms. The topological polar surface area (TPSA) is 55.4 Å². The van der Waals surface area contributed by atoms with Crippen molar-refractivity contribution < 1.29 is 14.3 Å². The predicted octanol–water partition coefficient (Wildman–Crippen LogP) is 5.01. The van der Waals surface area contributed by atoms with Crippen LogP contribution in [-0.2, 0) is 11.2 Å². The summed E-state index contributed by atoms with van der Waals surface area (Å²) >= 11 is 0. The van der Waals surface area contributed by atoms with Crippen molar-refractivity contribution in [2.75, 3.05) is 5.32 Å². The van der Waals surface area contributed by atoms with Gasteiger partial charge in [-0.3, -0.25) is 4.79 Å². The Labute approximate surface area is 164 Å². The van der Waals surface area contributed by atoms with Gasteiger partial charge in [0, 0.05) is 17.7 Å². The molecule has 0 unspecified atom stereocenters. The first-order valence-corrected chi connectivity index (χ1v) is 9.29. The third-order valence-corrected chi connectivity index (χ3v) is 5.08. The number of ether oxygens (including phenoxy) is 1. The molecule has 28 heavy (non-hydrogen) atoms. The highest BCUT2D eigenvalue weighted by Gasteiger charge is 2.28. The normalized spacial score (nSPS) is 15.5. The van der Waals surface area contributed by atoms with Crippen LogP contribution in [0.1, 0.15) is 49.1 Å². The molecule has 0 radical (unpaired) electrons. The maximum atomic E-state index is 12.7. The van der Waals surface area contributed by atoms with E-state index >= 15 is 0 Å². The second kappa shape index (κ2) is 7.31. The van der Waals surface area contributed by atoms with Crippen LogP contribution >= 0.6 is 0 Å². The molecule has 1 heterocycles. The van der Waals surface area contributed by atoms with Crippen molar-refractivity contribution in [1.29, 1.82) is 0 Å². The van der Waals surface area contributed by atoms with E-state index in [0.717, 1.165) is 27.9 Å². The Bertz CT molecular complexity index is 1050. The molecule has 0 aliphatic carbocycles. The number of aryl methyl sites for hydroxylation is 2. The van der Waals surface area contributed by atoms with Gasteiger partial charge in [0.05, 0.1) is 5.56 Å². The van der Waals surface area contributed by atoms with E-state index in [4.69, 9.17) is 4.74 Å². The van der Waals surface area contributed by atoms with Gasteiger partial charge < -0.3 is 10.1 Å². The highest BCUT2D eigenvalue weighted by molar-refractivity contribution is 6.05. The first kappa shape index (κ1) is 18.0. The summed E-state index contributed by atoms with van der Waals surface area (Å²) in [4.78, 5) is 25.1. The fraction of sp³-hybridized carbons (Fsp3) is 0.167. The number of benzene rings is 3. The van der Waals surface area contributed by atoms with Crippen LogP contribution in [0, 0.1) is 13.8 Å². The molecule has 1 atom stereocenters. The Morgan fingerprint density at radius 1 is 1.00 bits per heavy atom. The van der Waals surface area contributed by atoms with Crippen molar-refractivity contribution in [3.05, 3.63) is 100 Å². The average molecular weight is 371 g/mol. The lowest BCUT2D eigenvalue weighted by atomic mass is 9.92. The highest BCUT2D eigenvalue weighted by atomic mass is 16.5. The maximum Gasteiger partial charge on any atom is 0.339 e. The van der Waals surface area contributed by atoms with E-state index in [-0.39, 0.29) is 18.0 Å². The van der Waals surface area contributed by atoms with Crippen LogP contribution in [0.25, 0.3) is 0 Å². The fourth-order valence-electron chi connectivity index (χ4n) is 3.41. The summed E-state index contributed by atoms with van der Waals surface area (Å²) in [7, 11) is 0. The van der Waals surface area contributed by atoms with Crippen molar-refractivity contribution in [3.63, 3.8) is 0 Å². The monoisotopic (exact) mass is 371 g/mol. The highest BCUT2D eigenvalue weighted by Crippen LogP contribution is 2.31. The zero-order valence-electron chi connectivity index (χ0n) is 15.9. The molecular weight excluding hydrogens is 350 g/mol. The lowest BCUT2D eigenvalue weighted by Gasteiger charge is -2.25. The third kappa shape index (κ3) is 3.54. The number of hydrogen-bond donors (Lipinski definition) is 1. The van der Waals surface area contributed by atoms with Gasteiger partial charge >= 0.3 is 5.97 Å². The van der Waals surface area contributed by atoms with Gasteiger partial charge in [-0.15, -0.1) is 0 Å². The number of para-hydroxylation sites is 1. The Balaban J connectivity index is 1.60. The Morgan fingerprint density at radius 3 is 2.50 bits per heavy atom. The molecule has 0 aromatic heterocycles. The van der Waals surface area contributed by atoms with Gasteiger partial charge in [0.25, 0.3) is 5.91 Å². The van der Waals surface area contributed by atoms with Gasteiger partial charge in [-0.1, -0.05) is 48.0 Å². The summed E-state index contributed by atoms with van der Waals surface area (Å²) in [6.45, 7) is 3.97. The van der Waals surface area contributed by atoms with Crippen LogP contribution in [0.2, 0.25) is 0 Å².